The van der Waals surface area contributed by atoms with E-state index in [-0.39, 0.29) is 12.5 Å². The van der Waals surface area contributed by atoms with Crippen molar-refractivity contribution >= 4 is 16.9 Å². The summed E-state index contributed by atoms with van der Waals surface area (Å²) in [6, 6.07) is 5.27. The standard InChI is InChI=1S/C19H25N3O2/c1-13(2)5-4-6-14(3)9-10-20-19(24)15-7-8-16-17(11-15)22-18(12-23)21-16/h5,7-9,11,23H,4,6,10,12H2,1-3H3,(H,20,24)(H,21,22). The first-order chi connectivity index (χ1) is 11.5. The highest BCUT2D eigenvalue weighted by Crippen LogP contribution is 2.14. The molecule has 3 N–H and O–H groups in total. The highest BCUT2D eigenvalue weighted by molar-refractivity contribution is 5.97. The van der Waals surface area contributed by atoms with E-state index < -0.39 is 0 Å². The number of nitrogens with one attached hydrogen (secondary N) is 2. The van der Waals surface area contributed by atoms with Gasteiger partial charge >= 0.3 is 0 Å². The summed E-state index contributed by atoms with van der Waals surface area (Å²) in [6.45, 7) is 6.64. The van der Waals surface area contributed by atoms with E-state index in [4.69, 9.17) is 5.11 Å². The molecule has 0 bridgehead atoms. The normalized spacial score (nSPS) is 11.6. The summed E-state index contributed by atoms with van der Waals surface area (Å²) >= 11 is 0. The van der Waals surface area contributed by atoms with Crippen LogP contribution in [0.2, 0.25) is 0 Å². The van der Waals surface area contributed by atoms with E-state index in [0.29, 0.717) is 17.9 Å². The van der Waals surface area contributed by atoms with E-state index in [1.165, 1.54) is 11.1 Å². The molecule has 1 heterocycles. The Hall–Kier alpha value is -2.40. The van der Waals surface area contributed by atoms with Gasteiger partial charge in [0.25, 0.3) is 5.91 Å². The predicted molar refractivity (Wildman–Crippen MR) is 96.8 cm³/mol. The van der Waals surface area contributed by atoms with Crippen LogP contribution in [0, 0.1) is 0 Å². The van der Waals surface area contributed by atoms with Gasteiger partial charge in [-0.1, -0.05) is 23.3 Å². The molecule has 5 heteroatoms. The van der Waals surface area contributed by atoms with E-state index in [9.17, 15) is 4.79 Å². The zero-order valence-corrected chi connectivity index (χ0v) is 14.5. The molecule has 0 aliphatic heterocycles. The van der Waals surface area contributed by atoms with Gasteiger partial charge in [-0.25, -0.2) is 4.98 Å². The molecule has 0 saturated heterocycles. The fourth-order valence-corrected chi connectivity index (χ4v) is 2.39. The molecule has 0 fully saturated rings. The lowest BCUT2D eigenvalue weighted by Crippen LogP contribution is -2.23. The summed E-state index contributed by atoms with van der Waals surface area (Å²) in [4.78, 5) is 19.4. The second-order valence-corrected chi connectivity index (χ2v) is 6.15. The van der Waals surface area contributed by atoms with Gasteiger partial charge in [-0.05, 0) is 51.8 Å². The van der Waals surface area contributed by atoms with Gasteiger partial charge in [0.15, 0.2) is 0 Å². The Bertz CT molecular complexity index is 768. The Labute approximate surface area is 142 Å². The topological polar surface area (TPSA) is 78.0 Å². The minimum absolute atomic E-state index is 0.120. The van der Waals surface area contributed by atoms with Crippen molar-refractivity contribution in [3.05, 3.63) is 52.9 Å². The summed E-state index contributed by atoms with van der Waals surface area (Å²) in [5, 5.41) is 12.0. The average molecular weight is 327 g/mol. The quantitative estimate of drug-likeness (QED) is 0.681. The van der Waals surface area contributed by atoms with Crippen LogP contribution < -0.4 is 5.32 Å². The van der Waals surface area contributed by atoms with Crippen LogP contribution in [0.5, 0.6) is 0 Å². The van der Waals surface area contributed by atoms with Gasteiger partial charge in [0.2, 0.25) is 0 Å². The molecule has 0 aliphatic rings. The number of aromatic amines is 1. The summed E-state index contributed by atoms with van der Waals surface area (Å²) in [7, 11) is 0. The van der Waals surface area contributed by atoms with Crippen LogP contribution in [0.4, 0.5) is 0 Å². The Morgan fingerprint density at radius 2 is 2.08 bits per heavy atom. The lowest BCUT2D eigenvalue weighted by molar-refractivity contribution is 0.0958. The number of benzene rings is 1. The van der Waals surface area contributed by atoms with E-state index in [0.717, 1.165) is 23.9 Å². The van der Waals surface area contributed by atoms with E-state index >= 15 is 0 Å². The number of fused-ring (bicyclic) bond motifs is 1. The molecule has 0 atom stereocenters. The molecule has 0 unspecified atom stereocenters. The number of carbonyl (C=O) groups is 1. The van der Waals surface area contributed by atoms with Crippen molar-refractivity contribution in [3.8, 4) is 0 Å². The number of H-pyrrole nitrogens is 1. The number of hydrogen-bond acceptors (Lipinski definition) is 3. The molecular formula is C19H25N3O2. The number of rotatable bonds is 7. The summed E-state index contributed by atoms with van der Waals surface area (Å²) in [6.07, 6.45) is 6.30. The van der Waals surface area contributed by atoms with E-state index in [1.54, 1.807) is 18.2 Å². The fourth-order valence-electron chi connectivity index (χ4n) is 2.39. The second-order valence-electron chi connectivity index (χ2n) is 6.15. The maximum atomic E-state index is 12.2. The van der Waals surface area contributed by atoms with E-state index in [1.807, 2.05) is 0 Å². The maximum Gasteiger partial charge on any atom is 0.251 e. The van der Waals surface area contributed by atoms with Crippen LogP contribution in [0.25, 0.3) is 11.0 Å². The minimum Gasteiger partial charge on any atom is -0.388 e. The molecule has 2 aromatic rings. The van der Waals surface area contributed by atoms with Crippen LogP contribution >= 0.6 is 0 Å². The number of imidazole rings is 1. The van der Waals surface area contributed by atoms with Crippen molar-refractivity contribution in [1.29, 1.82) is 0 Å². The minimum atomic E-state index is -0.146. The smallest absolute Gasteiger partial charge is 0.251 e. The molecule has 5 nitrogen and oxygen atoms in total. The van der Waals surface area contributed by atoms with Gasteiger partial charge in [-0.2, -0.15) is 0 Å². The molecule has 24 heavy (non-hydrogen) atoms. The molecule has 0 spiro atoms. The number of amides is 1. The lowest BCUT2D eigenvalue weighted by Gasteiger charge is -2.04. The third-order valence-electron chi connectivity index (χ3n) is 3.75. The Balaban J connectivity index is 1.91. The highest BCUT2D eigenvalue weighted by Gasteiger charge is 2.08. The lowest BCUT2D eigenvalue weighted by atomic mass is 10.1. The first kappa shape index (κ1) is 17.9. The zero-order valence-electron chi connectivity index (χ0n) is 14.5. The summed E-state index contributed by atoms with van der Waals surface area (Å²) in [5.74, 6) is 0.378. The first-order valence-corrected chi connectivity index (χ1v) is 8.16. The molecule has 128 valence electrons. The zero-order chi connectivity index (χ0) is 17.5. The molecule has 1 amide bonds. The summed E-state index contributed by atoms with van der Waals surface area (Å²) < 4.78 is 0. The molecule has 0 saturated carbocycles. The van der Waals surface area contributed by atoms with Gasteiger partial charge in [-0.3, -0.25) is 4.79 Å². The third kappa shape index (κ3) is 5.06. The number of aromatic nitrogens is 2. The number of hydrogen-bond donors (Lipinski definition) is 3. The van der Waals surface area contributed by atoms with Gasteiger partial charge < -0.3 is 15.4 Å². The van der Waals surface area contributed by atoms with Crippen molar-refractivity contribution in [3.63, 3.8) is 0 Å². The van der Waals surface area contributed by atoms with Crippen LogP contribution in [0.1, 0.15) is 49.8 Å². The van der Waals surface area contributed by atoms with Crippen molar-refractivity contribution < 1.29 is 9.90 Å². The molecule has 0 aliphatic carbocycles. The molecular weight excluding hydrogens is 302 g/mol. The van der Waals surface area contributed by atoms with Crippen molar-refractivity contribution in [2.45, 2.75) is 40.2 Å². The van der Waals surface area contributed by atoms with E-state index in [2.05, 4.69) is 48.2 Å². The molecule has 1 aromatic carbocycles. The van der Waals surface area contributed by atoms with Gasteiger partial charge in [0, 0.05) is 12.1 Å². The molecule has 1 aromatic heterocycles. The number of nitrogens with zero attached hydrogens (tertiary/aromatic N) is 1. The number of aliphatic hydroxyl groups is 1. The van der Waals surface area contributed by atoms with Crippen LogP contribution in [0.3, 0.4) is 0 Å². The monoisotopic (exact) mass is 327 g/mol. The van der Waals surface area contributed by atoms with Crippen LogP contribution in [-0.4, -0.2) is 27.5 Å². The fraction of sp³-hybridized carbons (Fsp3) is 0.368. The first-order valence-electron chi connectivity index (χ1n) is 8.16. The Kier molecular flexibility index (Phi) is 6.32. The predicted octanol–water partition coefficient (Wildman–Crippen LogP) is 3.48. The van der Waals surface area contributed by atoms with Crippen LogP contribution in [-0.2, 0) is 6.61 Å². The van der Waals surface area contributed by atoms with Crippen molar-refractivity contribution in [1.82, 2.24) is 15.3 Å². The Morgan fingerprint density at radius 3 is 2.79 bits per heavy atom. The molecule has 0 radical (unpaired) electrons. The highest BCUT2D eigenvalue weighted by atomic mass is 16.3. The number of allylic oxidation sites excluding steroid dienone is 3. The Morgan fingerprint density at radius 1 is 1.29 bits per heavy atom. The van der Waals surface area contributed by atoms with Gasteiger partial charge in [0.05, 0.1) is 11.0 Å². The number of carbonyl (C=O) groups excluding carboxylic acids is 1. The maximum absolute atomic E-state index is 12.2. The van der Waals surface area contributed by atoms with Crippen molar-refractivity contribution in [2.24, 2.45) is 0 Å². The average Bonchev–Trinajstić information content (AvgIpc) is 2.96. The molecule has 2 rings (SSSR count). The number of aliphatic hydroxyl groups excluding tert-OH is 1. The van der Waals surface area contributed by atoms with Gasteiger partial charge in [0.1, 0.15) is 12.4 Å². The largest absolute Gasteiger partial charge is 0.388 e. The van der Waals surface area contributed by atoms with Crippen molar-refractivity contribution in [2.75, 3.05) is 6.54 Å². The SMILES string of the molecule is CC(C)=CCCC(C)=CCNC(=O)c1ccc2nc(CO)[nH]c2c1. The van der Waals surface area contributed by atoms with Crippen LogP contribution in [0.15, 0.2) is 41.5 Å². The van der Waals surface area contributed by atoms with Gasteiger partial charge in [-0.15, -0.1) is 0 Å². The second kappa shape index (κ2) is 8.45. The third-order valence-corrected chi connectivity index (χ3v) is 3.75. The summed E-state index contributed by atoms with van der Waals surface area (Å²) in [5.41, 5.74) is 4.66.